The van der Waals surface area contributed by atoms with E-state index in [1.165, 1.54) is 0 Å². The molecule has 0 unspecified atom stereocenters. The van der Waals surface area contributed by atoms with Crippen LogP contribution in [0.4, 0.5) is 4.79 Å². The normalized spacial score (nSPS) is 33.7. The predicted octanol–water partition coefficient (Wildman–Crippen LogP) is -0.920. The maximum Gasteiger partial charge on any atom is 0.408 e. The van der Waals surface area contributed by atoms with E-state index in [9.17, 15) is 14.4 Å². The van der Waals surface area contributed by atoms with Crippen molar-refractivity contribution in [3.05, 3.63) is 0 Å². The third-order valence-corrected chi connectivity index (χ3v) is 2.90. The zero-order chi connectivity index (χ0) is 11.2. The molecule has 0 aromatic rings. The predicted molar refractivity (Wildman–Crippen MR) is 46.2 cm³/mol. The molecule has 3 N–H and O–H groups in total. The summed E-state index contributed by atoms with van der Waals surface area (Å²) in [7, 11) is 0. The van der Waals surface area contributed by atoms with Gasteiger partial charge in [-0.2, -0.15) is 0 Å². The van der Waals surface area contributed by atoms with E-state index in [0.29, 0.717) is 12.8 Å². The topological polar surface area (TPSA) is 107 Å². The first-order chi connectivity index (χ1) is 7.02. The number of carboxylic acid groups (broad SMARTS) is 2. The van der Waals surface area contributed by atoms with Crippen LogP contribution in [0.25, 0.3) is 0 Å². The number of nitrogens with one attached hydrogen (secondary N) is 1. The highest BCUT2D eigenvalue weighted by molar-refractivity contribution is 5.92. The standard InChI is InChI=1S/C8H10N2O5/c11-6-4-2-1-3(10(4)8(14)15)5(9-6)7(12)13/h3-5H,1-2H2,(H,9,11)(H,12,13)(H,14,15)/t3-,4+,5+/m1/s1. The maximum atomic E-state index is 11.4. The van der Waals surface area contributed by atoms with Gasteiger partial charge in [-0.15, -0.1) is 0 Å². The van der Waals surface area contributed by atoms with Crippen LogP contribution in [0.2, 0.25) is 0 Å². The van der Waals surface area contributed by atoms with Crippen molar-refractivity contribution in [3.8, 4) is 0 Å². The molecule has 2 bridgehead atoms. The summed E-state index contributed by atoms with van der Waals surface area (Å²) in [4.78, 5) is 34.1. The summed E-state index contributed by atoms with van der Waals surface area (Å²) in [6.45, 7) is 0. The Kier molecular flexibility index (Phi) is 2.02. The number of hydrogen-bond acceptors (Lipinski definition) is 3. The van der Waals surface area contributed by atoms with Gasteiger partial charge >= 0.3 is 12.1 Å². The van der Waals surface area contributed by atoms with Crippen LogP contribution in [0.15, 0.2) is 0 Å². The Morgan fingerprint density at radius 1 is 1.33 bits per heavy atom. The Morgan fingerprint density at radius 3 is 2.53 bits per heavy atom. The summed E-state index contributed by atoms with van der Waals surface area (Å²) >= 11 is 0. The first-order valence-electron chi connectivity index (χ1n) is 4.57. The van der Waals surface area contributed by atoms with Crippen LogP contribution in [-0.4, -0.2) is 51.2 Å². The van der Waals surface area contributed by atoms with Gasteiger partial charge in [0, 0.05) is 0 Å². The van der Waals surface area contributed by atoms with Gasteiger partial charge in [0.1, 0.15) is 12.1 Å². The molecule has 3 atom stereocenters. The Bertz CT molecular complexity index is 342. The number of carbonyl (C=O) groups excluding carboxylic acids is 1. The number of rotatable bonds is 1. The summed E-state index contributed by atoms with van der Waals surface area (Å²) < 4.78 is 0. The summed E-state index contributed by atoms with van der Waals surface area (Å²) in [5, 5.41) is 20.0. The number of piperazine rings is 1. The number of hydrogen-bond donors (Lipinski definition) is 3. The van der Waals surface area contributed by atoms with Crippen molar-refractivity contribution in [2.75, 3.05) is 0 Å². The highest BCUT2D eigenvalue weighted by Crippen LogP contribution is 2.30. The van der Waals surface area contributed by atoms with Crippen molar-refractivity contribution in [1.82, 2.24) is 10.2 Å². The molecule has 2 aliphatic rings. The van der Waals surface area contributed by atoms with E-state index in [1.54, 1.807) is 0 Å². The Balaban J connectivity index is 2.32. The van der Waals surface area contributed by atoms with Gasteiger partial charge < -0.3 is 15.5 Å². The fourth-order valence-electron chi connectivity index (χ4n) is 2.27. The fraction of sp³-hybridized carbons (Fsp3) is 0.625. The highest BCUT2D eigenvalue weighted by Gasteiger charge is 2.51. The van der Waals surface area contributed by atoms with Crippen LogP contribution in [0.1, 0.15) is 12.8 Å². The Hall–Kier alpha value is -1.79. The van der Waals surface area contributed by atoms with Gasteiger partial charge in [0.2, 0.25) is 5.91 Å². The molecule has 15 heavy (non-hydrogen) atoms. The van der Waals surface area contributed by atoms with Gasteiger partial charge in [0.05, 0.1) is 6.04 Å². The van der Waals surface area contributed by atoms with Crippen molar-refractivity contribution in [2.45, 2.75) is 31.0 Å². The molecular formula is C8H10N2O5. The SMILES string of the molecule is O=C(O)[C@H]1NC(=O)[C@@H]2CC[C@H]1N2C(=O)O. The number of amides is 2. The number of aliphatic carboxylic acids is 1. The molecule has 82 valence electrons. The molecule has 7 nitrogen and oxygen atoms in total. The molecule has 2 fully saturated rings. The molecule has 0 saturated carbocycles. The molecule has 2 aliphatic heterocycles. The zero-order valence-corrected chi connectivity index (χ0v) is 7.71. The number of fused-ring (bicyclic) bond motifs is 2. The van der Waals surface area contributed by atoms with Gasteiger partial charge in [0.25, 0.3) is 0 Å². The maximum absolute atomic E-state index is 11.4. The highest BCUT2D eigenvalue weighted by atomic mass is 16.4. The van der Waals surface area contributed by atoms with E-state index in [1.807, 2.05) is 0 Å². The van der Waals surface area contributed by atoms with Gasteiger partial charge in [-0.25, -0.2) is 9.59 Å². The van der Waals surface area contributed by atoms with Crippen molar-refractivity contribution < 1.29 is 24.6 Å². The molecule has 2 heterocycles. The minimum Gasteiger partial charge on any atom is -0.480 e. The first kappa shape index (κ1) is 9.75. The Labute approximate surface area is 84.7 Å². The largest absolute Gasteiger partial charge is 0.480 e. The summed E-state index contributed by atoms with van der Waals surface area (Å²) in [6.07, 6.45) is -0.428. The van der Waals surface area contributed by atoms with Crippen molar-refractivity contribution >= 4 is 18.0 Å². The third-order valence-electron chi connectivity index (χ3n) is 2.90. The van der Waals surface area contributed by atoms with Crippen molar-refractivity contribution in [3.63, 3.8) is 0 Å². The van der Waals surface area contributed by atoms with Crippen LogP contribution >= 0.6 is 0 Å². The lowest BCUT2D eigenvalue weighted by atomic mass is 10.1. The minimum atomic E-state index is -1.23. The van der Waals surface area contributed by atoms with E-state index in [2.05, 4.69) is 5.32 Å². The smallest absolute Gasteiger partial charge is 0.408 e. The lowest BCUT2D eigenvalue weighted by Gasteiger charge is -2.35. The molecule has 0 aliphatic carbocycles. The summed E-state index contributed by atoms with van der Waals surface area (Å²) in [6, 6.07) is -2.47. The van der Waals surface area contributed by atoms with Crippen molar-refractivity contribution in [2.24, 2.45) is 0 Å². The molecule has 0 aromatic carbocycles. The third kappa shape index (κ3) is 1.31. The first-order valence-corrected chi connectivity index (χ1v) is 4.57. The monoisotopic (exact) mass is 214 g/mol. The lowest BCUT2D eigenvalue weighted by molar-refractivity contribution is -0.146. The molecule has 0 spiro atoms. The molecule has 2 rings (SSSR count). The molecule has 2 saturated heterocycles. The van der Waals surface area contributed by atoms with E-state index in [4.69, 9.17) is 10.2 Å². The zero-order valence-electron chi connectivity index (χ0n) is 7.71. The number of carboxylic acids is 1. The molecular weight excluding hydrogens is 204 g/mol. The molecule has 0 radical (unpaired) electrons. The van der Waals surface area contributed by atoms with Gasteiger partial charge in [-0.1, -0.05) is 0 Å². The van der Waals surface area contributed by atoms with Gasteiger partial charge in [0.15, 0.2) is 0 Å². The Morgan fingerprint density at radius 2 is 2.00 bits per heavy atom. The van der Waals surface area contributed by atoms with Gasteiger partial charge in [-0.05, 0) is 12.8 Å². The average Bonchev–Trinajstić information content (AvgIpc) is 2.50. The number of carbonyl (C=O) groups is 3. The molecule has 2 amide bonds. The molecule has 7 heteroatoms. The quantitative estimate of drug-likeness (QED) is 0.523. The summed E-state index contributed by atoms with van der Waals surface area (Å²) in [5.74, 6) is -1.71. The fourth-order valence-corrected chi connectivity index (χ4v) is 2.27. The summed E-state index contributed by atoms with van der Waals surface area (Å²) in [5.41, 5.74) is 0. The van der Waals surface area contributed by atoms with Crippen LogP contribution in [0, 0.1) is 0 Å². The van der Waals surface area contributed by atoms with E-state index in [0.717, 1.165) is 4.90 Å². The lowest BCUT2D eigenvalue weighted by Crippen LogP contribution is -2.64. The van der Waals surface area contributed by atoms with Crippen LogP contribution in [0.5, 0.6) is 0 Å². The number of nitrogens with zero attached hydrogens (tertiary/aromatic N) is 1. The second-order valence-corrected chi connectivity index (χ2v) is 3.67. The van der Waals surface area contributed by atoms with Crippen LogP contribution in [0.3, 0.4) is 0 Å². The second-order valence-electron chi connectivity index (χ2n) is 3.67. The van der Waals surface area contributed by atoms with E-state index < -0.39 is 36.1 Å². The second kappa shape index (κ2) is 3.11. The van der Waals surface area contributed by atoms with E-state index >= 15 is 0 Å². The minimum absolute atomic E-state index is 0.395. The van der Waals surface area contributed by atoms with Gasteiger partial charge in [-0.3, -0.25) is 9.69 Å². The van der Waals surface area contributed by atoms with Crippen LogP contribution < -0.4 is 5.32 Å². The van der Waals surface area contributed by atoms with E-state index in [-0.39, 0.29) is 0 Å². The van der Waals surface area contributed by atoms with Crippen LogP contribution in [-0.2, 0) is 9.59 Å². The van der Waals surface area contributed by atoms with Crippen molar-refractivity contribution in [1.29, 1.82) is 0 Å². The molecule has 0 aromatic heterocycles. The average molecular weight is 214 g/mol.